The van der Waals surface area contributed by atoms with Crippen molar-refractivity contribution >= 4 is 18.9 Å². The van der Waals surface area contributed by atoms with E-state index in [4.69, 9.17) is 10.5 Å². The molecule has 2 aliphatic heterocycles. The van der Waals surface area contributed by atoms with Crippen LogP contribution in [0.4, 0.5) is 0 Å². The van der Waals surface area contributed by atoms with Gasteiger partial charge in [-0.15, -0.1) is 12.4 Å². The Hall–Kier alpha value is -0.360. The molecule has 2 heterocycles. The molecule has 0 radical (unpaired) electrons. The van der Waals surface area contributed by atoms with Crippen molar-refractivity contribution in [1.29, 1.82) is 0 Å². The van der Waals surface area contributed by atoms with Crippen LogP contribution >= 0.6 is 12.4 Å². The maximum atomic E-state index is 9.60. The number of carbonyl (C=O) groups excluding carboxylic acids is 1. The standard InChI is InChI=1S/C5H10N2O.C5H10O2.ClH/c6-3-4-5-7(4)1-2-8-5;1-5(2,3)7-4-6;/h4-5H,1-3,6H2;4H,1-3H3;1H. The van der Waals surface area contributed by atoms with Gasteiger partial charge in [0.1, 0.15) is 11.8 Å². The molecular formula is C10H21ClN2O3. The predicted octanol–water partition coefficient (Wildman–Crippen LogP) is 0.365. The van der Waals surface area contributed by atoms with Crippen LogP contribution in [0, 0.1) is 0 Å². The van der Waals surface area contributed by atoms with Gasteiger partial charge in [0.2, 0.25) is 0 Å². The molecule has 2 rings (SSSR count). The second-order valence-corrected chi connectivity index (χ2v) is 4.63. The zero-order valence-electron chi connectivity index (χ0n) is 10.0. The van der Waals surface area contributed by atoms with Crippen molar-refractivity contribution in [2.75, 3.05) is 19.7 Å². The molecular weight excluding hydrogens is 232 g/mol. The Morgan fingerprint density at radius 1 is 1.56 bits per heavy atom. The molecule has 2 aliphatic rings. The number of hydrogen-bond acceptors (Lipinski definition) is 5. The van der Waals surface area contributed by atoms with Crippen LogP contribution in [0.1, 0.15) is 20.8 Å². The van der Waals surface area contributed by atoms with Gasteiger partial charge in [-0.1, -0.05) is 0 Å². The summed E-state index contributed by atoms with van der Waals surface area (Å²) in [6.45, 7) is 8.67. The molecule has 3 atom stereocenters. The predicted molar refractivity (Wildman–Crippen MR) is 63.4 cm³/mol. The summed E-state index contributed by atoms with van der Waals surface area (Å²) in [5.41, 5.74) is 5.08. The van der Waals surface area contributed by atoms with E-state index in [1.807, 2.05) is 20.8 Å². The molecule has 0 aromatic rings. The number of halogens is 1. The number of rotatable bonds is 2. The van der Waals surface area contributed by atoms with Gasteiger partial charge in [0.25, 0.3) is 6.47 Å². The van der Waals surface area contributed by atoms with Gasteiger partial charge >= 0.3 is 0 Å². The van der Waals surface area contributed by atoms with E-state index >= 15 is 0 Å². The molecule has 3 unspecified atom stereocenters. The average molecular weight is 253 g/mol. The first-order valence-electron chi connectivity index (χ1n) is 5.18. The lowest BCUT2D eigenvalue weighted by atomic mass is 10.2. The summed E-state index contributed by atoms with van der Waals surface area (Å²) in [7, 11) is 0. The fourth-order valence-corrected chi connectivity index (χ4v) is 1.48. The molecule has 0 aromatic heterocycles. The van der Waals surface area contributed by atoms with Gasteiger partial charge < -0.3 is 15.2 Å². The van der Waals surface area contributed by atoms with Crippen LogP contribution in [0.3, 0.4) is 0 Å². The molecule has 0 amide bonds. The second-order valence-electron chi connectivity index (χ2n) is 4.63. The monoisotopic (exact) mass is 252 g/mol. The highest BCUT2D eigenvalue weighted by atomic mass is 35.5. The van der Waals surface area contributed by atoms with Crippen molar-refractivity contribution < 1.29 is 14.3 Å². The van der Waals surface area contributed by atoms with E-state index in [9.17, 15) is 4.79 Å². The van der Waals surface area contributed by atoms with Gasteiger partial charge in [-0.25, -0.2) is 0 Å². The Morgan fingerprint density at radius 3 is 2.38 bits per heavy atom. The quantitative estimate of drug-likeness (QED) is 0.568. The molecule has 2 saturated heterocycles. The lowest BCUT2D eigenvalue weighted by molar-refractivity contribution is -0.138. The van der Waals surface area contributed by atoms with Crippen LogP contribution in [0.2, 0.25) is 0 Å². The molecule has 16 heavy (non-hydrogen) atoms. The summed E-state index contributed by atoms with van der Waals surface area (Å²) in [6.07, 6.45) is 0.403. The van der Waals surface area contributed by atoms with Gasteiger partial charge in [0.15, 0.2) is 0 Å². The molecule has 2 N–H and O–H groups in total. The number of nitrogens with zero attached hydrogens (tertiary/aromatic N) is 1. The van der Waals surface area contributed by atoms with Crippen LogP contribution in [0.25, 0.3) is 0 Å². The number of morpholine rings is 1. The topological polar surface area (TPSA) is 64.6 Å². The molecule has 5 nitrogen and oxygen atoms in total. The summed E-state index contributed by atoms with van der Waals surface area (Å²) < 4.78 is 9.82. The van der Waals surface area contributed by atoms with Gasteiger partial charge in [-0.05, 0) is 20.8 Å². The fraction of sp³-hybridized carbons (Fsp3) is 0.900. The molecule has 2 fully saturated rings. The van der Waals surface area contributed by atoms with Gasteiger partial charge in [-0.2, -0.15) is 0 Å². The zero-order chi connectivity index (χ0) is 11.5. The van der Waals surface area contributed by atoms with Crippen LogP contribution < -0.4 is 5.73 Å². The largest absolute Gasteiger partial charge is 0.462 e. The summed E-state index contributed by atoms with van der Waals surface area (Å²) in [4.78, 5) is 11.9. The third kappa shape index (κ3) is 4.65. The van der Waals surface area contributed by atoms with Crippen molar-refractivity contribution in [1.82, 2.24) is 4.90 Å². The van der Waals surface area contributed by atoms with Crippen molar-refractivity contribution in [3.05, 3.63) is 0 Å². The van der Waals surface area contributed by atoms with Crippen LogP contribution in [0.5, 0.6) is 0 Å². The van der Waals surface area contributed by atoms with Crippen molar-refractivity contribution in [3.8, 4) is 0 Å². The zero-order valence-corrected chi connectivity index (χ0v) is 10.8. The average Bonchev–Trinajstić information content (AvgIpc) is 2.55. The third-order valence-electron chi connectivity index (χ3n) is 2.27. The molecule has 0 aliphatic carbocycles. The van der Waals surface area contributed by atoms with E-state index < -0.39 is 0 Å². The second kappa shape index (κ2) is 6.39. The van der Waals surface area contributed by atoms with Crippen LogP contribution in [0.15, 0.2) is 0 Å². The van der Waals surface area contributed by atoms with E-state index in [1.54, 1.807) is 0 Å². The molecule has 0 bridgehead atoms. The van der Waals surface area contributed by atoms with Crippen LogP contribution in [-0.2, 0) is 14.3 Å². The SMILES string of the molecule is CC(C)(C)OC=O.Cl.NCC1C2OCCN12. The van der Waals surface area contributed by atoms with Crippen molar-refractivity contribution in [2.45, 2.75) is 38.6 Å². The number of carbonyl (C=O) groups is 1. The number of fused-ring (bicyclic) bond motifs is 1. The fourth-order valence-electron chi connectivity index (χ4n) is 1.48. The van der Waals surface area contributed by atoms with E-state index in [2.05, 4.69) is 9.64 Å². The van der Waals surface area contributed by atoms with Gasteiger partial charge in [0, 0.05) is 13.1 Å². The van der Waals surface area contributed by atoms with Gasteiger partial charge in [-0.3, -0.25) is 9.69 Å². The summed E-state index contributed by atoms with van der Waals surface area (Å²) in [5, 5.41) is 0. The normalized spacial score (nSPS) is 30.4. The summed E-state index contributed by atoms with van der Waals surface area (Å²) in [5.74, 6) is 0. The molecule has 96 valence electrons. The molecule has 0 aromatic carbocycles. The Balaban J connectivity index is 0.000000269. The molecule has 0 saturated carbocycles. The first-order valence-corrected chi connectivity index (χ1v) is 5.18. The number of nitrogens with two attached hydrogens (primary N) is 1. The first kappa shape index (κ1) is 15.6. The van der Waals surface area contributed by atoms with E-state index in [-0.39, 0.29) is 18.0 Å². The smallest absolute Gasteiger partial charge is 0.293 e. The minimum absolute atomic E-state index is 0. The number of ether oxygens (including phenoxy) is 2. The van der Waals surface area contributed by atoms with Crippen molar-refractivity contribution in [2.24, 2.45) is 5.73 Å². The van der Waals surface area contributed by atoms with Crippen molar-refractivity contribution in [3.63, 3.8) is 0 Å². The highest BCUT2D eigenvalue weighted by molar-refractivity contribution is 5.85. The minimum atomic E-state index is -0.318. The first-order chi connectivity index (χ1) is 6.99. The molecule has 6 heteroatoms. The minimum Gasteiger partial charge on any atom is -0.462 e. The Kier molecular flexibility index (Phi) is 6.25. The third-order valence-corrected chi connectivity index (χ3v) is 2.27. The number of hydrogen-bond donors (Lipinski definition) is 1. The summed E-state index contributed by atoms with van der Waals surface area (Å²) >= 11 is 0. The van der Waals surface area contributed by atoms with E-state index in [1.165, 1.54) is 0 Å². The van der Waals surface area contributed by atoms with E-state index in [0.29, 0.717) is 18.7 Å². The highest BCUT2D eigenvalue weighted by Crippen LogP contribution is 2.32. The Bertz CT molecular complexity index is 204. The maximum absolute atomic E-state index is 9.60. The molecule has 0 spiro atoms. The lowest BCUT2D eigenvalue weighted by Crippen LogP contribution is -2.17. The maximum Gasteiger partial charge on any atom is 0.293 e. The highest BCUT2D eigenvalue weighted by Gasteiger charge is 2.50. The van der Waals surface area contributed by atoms with Crippen LogP contribution in [-0.4, -0.2) is 48.9 Å². The summed E-state index contributed by atoms with van der Waals surface area (Å²) in [6, 6.07) is 0.559. The van der Waals surface area contributed by atoms with Gasteiger partial charge in [0.05, 0.1) is 12.6 Å². The lowest BCUT2D eigenvalue weighted by Gasteiger charge is -2.14. The van der Waals surface area contributed by atoms with E-state index in [0.717, 1.165) is 19.7 Å². The Labute approximate surface area is 103 Å². The Morgan fingerprint density at radius 2 is 2.19 bits per heavy atom.